The van der Waals surface area contributed by atoms with Crippen molar-refractivity contribution in [3.8, 4) is 10.6 Å². The van der Waals surface area contributed by atoms with E-state index in [0.717, 1.165) is 11.3 Å². The normalized spacial score (nSPS) is 12.7. The zero-order valence-corrected chi connectivity index (χ0v) is 10.9. The van der Waals surface area contributed by atoms with Crippen molar-refractivity contribution in [2.75, 3.05) is 0 Å². The molecular formula is C12H7F6NOS. The summed E-state index contributed by atoms with van der Waals surface area (Å²) >= 11 is 0.829. The second-order valence-electron chi connectivity index (χ2n) is 4.08. The van der Waals surface area contributed by atoms with Crippen LogP contribution in [0.1, 0.15) is 16.0 Å². The summed E-state index contributed by atoms with van der Waals surface area (Å²) in [7, 11) is 0. The van der Waals surface area contributed by atoms with Gasteiger partial charge in [0.1, 0.15) is 5.01 Å². The molecule has 21 heavy (non-hydrogen) atoms. The standard InChI is InChI=1S/C12H7F6NOS/c13-11(14,15)7-1-6(2-8(3-7)12(16,17)18)10-19-4-9(5-20)21-10/h1-4,20H,5H2. The molecule has 0 atom stereocenters. The van der Waals surface area contributed by atoms with Gasteiger partial charge in [0.15, 0.2) is 0 Å². The first-order valence-corrected chi connectivity index (χ1v) is 6.28. The number of aliphatic hydroxyl groups is 1. The molecular weight excluding hydrogens is 320 g/mol. The van der Waals surface area contributed by atoms with E-state index < -0.39 is 23.5 Å². The van der Waals surface area contributed by atoms with E-state index in [9.17, 15) is 26.3 Å². The molecule has 1 N–H and O–H groups in total. The largest absolute Gasteiger partial charge is 0.416 e. The van der Waals surface area contributed by atoms with Crippen LogP contribution in [0.2, 0.25) is 0 Å². The van der Waals surface area contributed by atoms with Gasteiger partial charge in [-0.3, -0.25) is 0 Å². The van der Waals surface area contributed by atoms with Gasteiger partial charge in [-0.15, -0.1) is 11.3 Å². The SMILES string of the molecule is OCc1cnc(-c2cc(C(F)(F)F)cc(C(F)(F)F)c2)s1. The van der Waals surface area contributed by atoms with E-state index in [2.05, 4.69) is 4.98 Å². The molecule has 1 heterocycles. The summed E-state index contributed by atoms with van der Waals surface area (Å²) in [4.78, 5) is 4.07. The molecule has 0 unspecified atom stereocenters. The maximum absolute atomic E-state index is 12.7. The molecule has 0 aliphatic carbocycles. The van der Waals surface area contributed by atoms with Crippen LogP contribution in [-0.4, -0.2) is 10.1 Å². The minimum atomic E-state index is -4.90. The van der Waals surface area contributed by atoms with Crippen molar-refractivity contribution < 1.29 is 31.4 Å². The molecule has 1 aromatic carbocycles. The highest BCUT2D eigenvalue weighted by atomic mass is 32.1. The maximum atomic E-state index is 12.7. The molecule has 0 spiro atoms. The fraction of sp³-hybridized carbons (Fsp3) is 0.250. The van der Waals surface area contributed by atoms with Gasteiger partial charge in [-0.1, -0.05) is 0 Å². The van der Waals surface area contributed by atoms with Gasteiger partial charge in [-0.2, -0.15) is 26.3 Å². The summed E-state index contributed by atoms with van der Waals surface area (Å²) in [6.45, 7) is -0.386. The van der Waals surface area contributed by atoms with Gasteiger partial charge >= 0.3 is 12.4 Å². The topological polar surface area (TPSA) is 33.1 Å². The first kappa shape index (κ1) is 15.8. The van der Waals surface area contributed by atoms with Gasteiger partial charge in [0.2, 0.25) is 0 Å². The average molecular weight is 327 g/mol. The highest BCUT2D eigenvalue weighted by molar-refractivity contribution is 7.15. The Hall–Kier alpha value is -1.61. The lowest BCUT2D eigenvalue weighted by Gasteiger charge is -2.13. The van der Waals surface area contributed by atoms with Crippen LogP contribution in [0.25, 0.3) is 10.6 Å². The third-order valence-electron chi connectivity index (χ3n) is 2.54. The molecule has 0 amide bonds. The Morgan fingerprint density at radius 3 is 1.86 bits per heavy atom. The molecule has 2 aromatic rings. The van der Waals surface area contributed by atoms with E-state index in [0.29, 0.717) is 17.0 Å². The number of alkyl halides is 6. The number of hydrogen-bond acceptors (Lipinski definition) is 3. The maximum Gasteiger partial charge on any atom is 0.416 e. The Bertz CT molecular complexity index is 614. The predicted octanol–water partition coefficient (Wildman–Crippen LogP) is 4.34. The molecule has 2 rings (SSSR count). The van der Waals surface area contributed by atoms with Gasteiger partial charge in [-0.05, 0) is 18.2 Å². The van der Waals surface area contributed by atoms with E-state index in [1.165, 1.54) is 6.20 Å². The Morgan fingerprint density at radius 1 is 0.952 bits per heavy atom. The number of halogens is 6. The van der Waals surface area contributed by atoms with E-state index >= 15 is 0 Å². The molecule has 0 aliphatic heterocycles. The Labute approximate surface area is 118 Å². The zero-order chi connectivity index (χ0) is 15.8. The van der Waals surface area contributed by atoms with E-state index in [1.54, 1.807) is 0 Å². The molecule has 1 aromatic heterocycles. The van der Waals surface area contributed by atoms with Crippen LogP contribution in [0.4, 0.5) is 26.3 Å². The molecule has 0 fully saturated rings. The van der Waals surface area contributed by atoms with Crippen LogP contribution < -0.4 is 0 Å². The third-order valence-corrected chi connectivity index (χ3v) is 3.58. The lowest BCUT2D eigenvalue weighted by Crippen LogP contribution is -2.11. The van der Waals surface area contributed by atoms with Gasteiger partial charge in [-0.25, -0.2) is 4.98 Å². The quantitative estimate of drug-likeness (QED) is 0.833. The van der Waals surface area contributed by atoms with Crippen molar-refractivity contribution in [1.82, 2.24) is 4.98 Å². The Morgan fingerprint density at radius 2 is 1.48 bits per heavy atom. The summed E-state index contributed by atoms with van der Waals surface area (Å²) < 4.78 is 76.2. The minimum absolute atomic E-state index is 0.0179. The summed E-state index contributed by atoms with van der Waals surface area (Å²) in [6, 6.07) is 1.27. The zero-order valence-electron chi connectivity index (χ0n) is 10.1. The smallest absolute Gasteiger partial charge is 0.391 e. The van der Waals surface area contributed by atoms with Gasteiger partial charge < -0.3 is 5.11 Å². The fourth-order valence-corrected chi connectivity index (χ4v) is 2.35. The Kier molecular flexibility index (Phi) is 3.98. The molecule has 0 saturated heterocycles. The number of benzene rings is 1. The molecule has 9 heteroatoms. The van der Waals surface area contributed by atoms with E-state index in [4.69, 9.17) is 5.11 Å². The highest BCUT2D eigenvalue weighted by Crippen LogP contribution is 2.39. The fourth-order valence-electron chi connectivity index (χ4n) is 1.59. The lowest BCUT2D eigenvalue weighted by atomic mass is 10.1. The molecule has 0 bridgehead atoms. The summed E-state index contributed by atoms with van der Waals surface area (Å²) in [5.74, 6) is 0. The van der Waals surface area contributed by atoms with Crippen LogP contribution in [-0.2, 0) is 19.0 Å². The number of nitrogens with zero attached hydrogens (tertiary/aromatic N) is 1. The highest BCUT2D eigenvalue weighted by Gasteiger charge is 2.37. The number of aliphatic hydroxyl groups excluding tert-OH is 1. The van der Waals surface area contributed by atoms with Crippen molar-refractivity contribution >= 4 is 11.3 Å². The van der Waals surface area contributed by atoms with E-state index in [1.807, 2.05) is 0 Å². The third kappa shape index (κ3) is 3.53. The summed E-state index contributed by atoms with van der Waals surface area (Å²) in [5.41, 5.74) is -3.08. The Balaban J connectivity index is 2.60. The van der Waals surface area contributed by atoms with Crippen LogP contribution >= 0.6 is 11.3 Å². The van der Waals surface area contributed by atoms with Crippen molar-refractivity contribution in [1.29, 1.82) is 0 Å². The first-order chi connectivity index (χ1) is 9.61. The van der Waals surface area contributed by atoms with Gasteiger partial charge in [0.25, 0.3) is 0 Å². The number of hydrogen-bond donors (Lipinski definition) is 1. The van der Waals surface area contributed by atoms with Crippen molar-refractivity contribution in [3.05, 3.63) is 40.4 Å². The van der Waals surface area contributed by atoms with Crippen LogP contribution in [0, 0.1) is 0 Å². The molecule has 0 radical (unpaired) electrons. The van der Waals surface area contributed by atoms with Crippen molar-refractivity contribution in [3.63, 3.8) is 0 Å². The second-order valence-corrected chi connectivity index (χ2v) is 5.20. The van der Waals surface area contributed by atoms with Crippen molar-refractivity contribution in [2.24, 2.45) is 0 Å². The summed E-state index contributed by atoms with van der Waals surface area (Å²) in [6.07, 6.45) is -8.59. The molecule has 114 valence electrons. The molecule has 0 aliphatic rings. The van der Waals surface area contributed by atoms with Crippen LogP contribution in [0.15, 0.2) is 24.4 Å². The average Bonchev–Trinajstić information content (AvgIpc) is 2.85. The second kappa shape index (κ2) is 5.30. The number of aromatic nitrogens is 1. The van der Waals surface area contributed by atoms with Crippen LogP contribution in [0.5, 0.6) is 0 Å². The van der Waals surface area contributed by atoms with Crippen molar-refractivity contribution in [2.45, 2.75) is 19.0 Å². The molecule has 0 saturated carbocycles. The van der Waals surface area contributed by atoms with Gasteiger partial charge in [0, 0.05) is 11.8 Å². The van der Waals surface area contributed by atoms with Crippen LogP contribution in [0.3, 0.4) is 0 Å². The van der Waals surface area contributed by atoms with E-state index in [-0.39, 0.29) is 23.2 Å². The summed E-state index contributed by atoms with van der Waals surface area (Å²) in [5, 5.41) is 8.86. The predicted molar refractivity (Wildman–Crippen MR) is 63.5 cm³/mol. The minimum Gasteiger partial charge on any atom is -0.391 e. The number of thiazole rings is 1. The lowest BCUT2D eigenvalue weighted by molar-refractivity contribution is -0.143. The monoisotopic (exact) mass is 327 g/mol. The molecule has 2 nitrogen and oxygen atoms in total. The number of rotatable bonds is 2. The first-order valence-electron chi connectivity index (χ1n) is 5.46. The van der Waals surface area contributed by atoms with Gasteiger partial charge in [0.05, 0.1) is 22.6 Å².